The molecule has 2 N–H and O–H groups in total. The van der Waals surface area contributed by atoms with Crippen molar-refractivity contribution in [1.29, 1.82) is 0 Å². The number of carbonyl (C=O) groups is 1. The van der Waals surface area contributed by atoms with Crippen LogP contribution in [0.1, 0.15) is 27.2 Å². The zero-order valence-corrected chi connectivity index (χ0v) is 16.7. The zero-order chi connectivity index (χ0) is 21.8. The summed E-state index contributed by atoms with van der Waals surface area (Å²) in [5, 5.41) is 10.4. The van der Waals surface area contributed by atoms with Gasteiger partial charge in [0.05, 0.1) is 23.9 Å². The number of ether oxygens (including phenoxy) is 1. The van der Waals surface area contributed by atoms with Crippen molar-refractivity contribution in [3.63, 3.8) is 0 Å². The Labute approximate surface area is 177 Å². The molecule has 4 rings (SSSR count). The van der Waals surface area contributed by atoms with Crippen LogP contribution in [0.3, 0.4) is 0 Å². The van der Waals surface area contributed by atoms with Gasteiger partial charge in [-0.25, -0.2) is 8.78 Å². The van der Waals surface area contributed by atoms with Gasteiger partial charge < -0.3 is 10.1 Å². The normalized spacial score (nSPS) is 11.2. The number of hydrogen-bond donors (Lipinski definition) is 2. The van der Waals surface area contributed by atoms with E-state index in [4.69, 9.17) is 4.74 Å². The van der Waals surface area contributed by atoms with Crippen molar-refractivity contribution in [2.24, 2.45) is 0 Å². The van der Waals surface area contributed by atoms with E-state index in [1.165, 1.54) is 25.3 Å². The van der Waals surface area contributed by atoms with E-state index in [0.717, 1.165) is 0 Å². The molecular weight excluding hydrogens is 400 g/mol. The summed E-state index contributed by atoms with van der Waals surface area (Å²) in [7, 11) is 1.48. The number of H-pyrrole nitrogens is 1. The first-order valence-electron chi connectivity index (χ1n) is 9.56. The summed E-state index contributed by atoms with van der Waals surface area (Å²) in [6.07, 6.45) is 3.45. The number of aromatic nitrogens is 2. The minimum absolute atomic E-state index is 0.00309. The summed E-state index contributed by atoms with van der Waals surface area (Å²) in [4.78, 5) is 12.5. The number of aromatic amines is 1. The molecule has 0 bridgehead atoms. The van der Waals surface area contributed by atoms with Gasteiger partial charge in [0.25, 0.3) is 5.91 Å². The van der Waals surface area contributed by atoms with Gasteiger partial charge >= 0.3 is 0 Å². The lowest BCUT2D eigenvalue weighted by atomic mass is 10.1. The monoisotopic (exact) mass is 419 g/mol. The number of benzene rings is 3. The molecule has 0 saturated heterocycles. The molecule has 0 spiro atoms. The largest absolute Gasteiger partial charge is 0.496 e. The second-order valence-corrected chi connectivity index (χ2v) is 6.87. The van der Waals surface area contributed by atoms with Crippen LogP contribution >= 0.6 is 0 Å². The van der Waals surface area contributed by atoms with E-state index in [9.17, 15) is 13.6 Å². The molecule has 0 radical (unpaired) electrons. The van der Waals surface area contributed by atoms with E-state index in [-0.39, 0.29) is 18.3 Å². The Morgan fingerprint density at radius 3 is 2.74 bits per heavy atom. The summed E-state index contributed by atoms with van der Waals surface area (Å²) < 4.78 is 33.1. The number of rotatable bonds is 6. The molecule has 4 aromatic rings. The second kappa shape index (κ2) is 8.79. The van der Waals surface area contributed by atoms with Crippen LogP contribution in [0.4, 0.5) is 8.78 Å². The van der Waals surface area contributed by atoms with Crippen molar-refractivity contribution >= 4 is 29.0 Å². The van der Waals surface area contributed by atoms with E-state index in [1.807, 2.05) is 0 Å². The molecule has 0 aliphatic rings. The number of carbonyl (C=O) groups excluding carboxylic acids is 1. The fourth-order valence-electron chi connectivity index (χ4n) is 3.25. The maximum atomic E-state index is 14.5. The summed E-state index contributed by atoms with van der Waals surface area (Å²) in [5.74, 6) is -0.716. The standard InChI is InChI=1S/C24H19F2N3O2/c1-31-23-8-3-2-7-18(23)24(30)27-14-16-12-19-21(28-29-22(19)13-20(16)26)10-9-15-5-4-6-17(25)11-15/h2-13H,14H2,1H3,(H,27,30)(H,28,29)/b10-9+. The molecule has 7 heteroatoms. The highest BCUT2D eigenvalue weighted by Crippen LogP contribution is 2.23. The summed E-state index contributed by atoms with van der Waals surface area (Å²) >= 11 is 0. The molecule has 1 amide bonds. The average molecular weight is 419 g/mol. The number of fused-ring (bicyclic) bond motifs is 1. The predicted octanol–water partition coefficient (Wildman–Crippen LogP) is 4.95. The van der Waals surface area contributed by atoms with Crippen LogP contribution in [-0.4, -0.2) is 23.2 Å². The average Bonchev–Trinajstić information content (AvgIpc) is 3.17. The number of nitrogens with zero attached hydrogens (tertiary/aromatic N) is 1. The van der Waals surface area contributed by atoms with E-state index in [0.29, 0.717) is 39.0 Å². The van der Waals surface area contributed by atoms with Crippen molar-refractivity contribution in [2.75, 3.05) is 7.11 Å². The minimum Gasteiger partial charge on any atom is -0.496 e. The topological polar surface area (TPSA) is 67.0 Å². The molecule has 156 valence electrons. The lowest BCUT2D eigenvalue weighted by Gasteiger charge is -2.10. The number of methoxy groups -OCH3 is 1. The van der Waals surface area contributed by atoms with Crippen LogP contribution in [0.25, 0.3) is 23.1 Å². The van der Waals surface area contributed by atoms with Crippen LogP contribution in [-0.2, 0) is 6.54 Å². The van der Waals surface area contributed by atoms with E-state index < -0.39 is 5.82 Å². The third-order valence-electron chi connectivity index (χ3n) is 4.83. The maximum Gasteiger partial charge on any atom is 0.255 e. The van der Waals surface area contributed by atoms with E-state index >= 15 is 0 Å². The van der Waals surface area contributed by atoms with Crippen molar-refractivity contribution in [3.8, 4) is 5.75 Å². The molecule has 0 aliphatic carbocycles. The van der Waals surface area contributed by atoms with Crippen LogP contribution < -0.4 is 10.1 Å². The zero-order valence-electron chi connectivity index (χ0n) is 16.7. The maximum absolute atomic E-state index is 14.5. The highest BCUT2D eigenvalue weighted by atomic mass is 19.1. The quantitative estimate of drug-likeness (QED) is 0.465. The van der Waals surface area contributed by atoms with Gasteiger partial charge in [-0.1, -0.05) is 30.3 Å². The van der Waals surface area contributed by atoms with Crippen LogP contribution in [0.2, 0.25) is 0 Å². The Bertz CT molecular complexity index is 1280. The Balaban J connectivity index is 1.56. The smallest absolute Gasteiger partial charge is 0.255 e. The van der Waals surface area contributed by atoms with E-state index in [2.05, 4.69) is 15.5 Å². The molecular formula is C24H19F2N3O2. The molecule has 0 unspecified atom stereocenters. The Morgan fingerprint density at radius 2 is 1.94 bits per heavy atom. The first-order valence-corrected chi connectivity index (χ1v) is 9.56. The SMILES string of the molecule is COc1ccccc1C(=O)NCc1cc2c(/C=C/c3cccc(F)c3)n[nH]c2cc1F. The van der Waals surface area contributed by atoms with Gasteiger partial charge in [-0.3, -0.25) is 9.89 Å². The van der Waals surface area contributed by atoms with Gasteiger partial charge in [-0.05, 0) is 48.0 Å². The molecule has 0 saturated carbocycles. The third kappa shape index (κ3) is 4.45. The highest BCUT2D eigenvalue weighted by Gasteiger charge is 2.14. The van der Waals surface area contributed by atoms with Crippen LogP contribution in [0, 0.1) is 11.6 Å². The van der Waals surface area contributed by atoms with Gasteiger partial charge in [0.1, 0.15) is 17.4 Å². The summed E-state index contributed by atoms with van der Waals surface area (Å²) in [6, 6.07) is 16.0. The first-order chi connectivity index (χ1) is 15.0. The Hall–Kier alpha value is -4.00. The van der Waals surface area contributed by atoms with Crippen LogP contribution in [0.5, 0.6) is 5.75 Å². The number of nitrogens with one attached hydrogen (secondary N) is 2. The highest BCUT2D eigenvalue weighted by molar-refractivity contribution is 5.97. The van der Waals surface area contributed by atoms with Crippen LogP contribution in [0.15, 0.2) is 60.7 Å². The fourth-order valence-corrected chi connectivity index (χ4v) is 3.25. The lowest BCUT2D eigenvalue weighted by Crippen LogP contribution is -2.23. The number of halogens is 2. The van der Waals surface area contributed by atoms with Gasteiger partial charge in [0, 0.05) is 17.5 Å². The molecule has 5 nitrogen and oxygen atoms in total. The molecule has 0 aliphatic heterocycles. The molecule has 1 aromatic heterocycles. The number of para-hydroxylation sites is 1. The summed E-state index contributed by atoms with van der Waals surface area (Å²) in [5.41, 5.74) is 2.47. The minimum atomic E-state index is -0.461. The molecule has 1 heterocycles. The fraction of sp³-hybridized carbons (Fsp3) is 0.0833. The first kappa shape index (κ1) is 20.3. The Morgan fingerprint density at radius 1 is 1.10 bits per heavy atom. The summed E-state index contributed by atoms with van der Waals surface area (Å²) in [6.45, 7) is -0.00309. The predicted molar refractivity (Wildman–Crippen MR) is 116 cm³/mol. The molecule has 31 heavy (non-hydrogen) atoms. The second-order valence-electron chi connectivity index (χ2n) is 6.87. The van der Waals surface area contributed by atoms with E-state index in [1.54, 1.807) is 54.6 Å². The van der Waals surface area contributed by atoms with Gasteiger partial charge in [0.2, 0.25) is 0 Å². The van der Waals surface area contributed by atoms with Crippen molar-refractivity contribution in [2.45, 2.75) is 6.54 Å². The molecule has 0 atom stereocenters. The molecule has 0 fully saturated rings. The third-order valence-corrected chi connectivity index (χ3v) is 4.83. The van der Waals surface area contributed by atoms with Crippen molar-refractivity contribution in [1.82, 2.24) is 15.5 Å². The van der Waals surface area contributed by atoms with Crippen molar-refractivity contribution in [3.05, 3.63) is 94.7 Å². The van der Waals surface area contributed by atoms with Gasteiger partial charge in [-0.2, -0.15) is 5.10 Å². The molecule has 3 aromatic carbocycles. The van der Waals surface area contributed by atoms with Gasteiger partial charge in [0.15, 0.2) is 0 Å². The lowest BCUT2D eigenvalue weighted by molar-refractivity contribution is 0.0947. The van der Waals surface area contributed by atoms with Crippen molar-refractivity contribution < 1.29 is 18.3 Å². The number of hydrogen-bond acceptors (Lipinski definition) is 3. The van der Waals surface area contributed by atoms with Gasteiger partial charge in [-0.15, -0.1) is 0 Å². The Kier molecular flexibility index (Phi) is 5.75. The number of amides is 1.